The van der Waals surface area contributed by atoms with Crippen molar-refractivity contribution in [3.63, 3.8) is 0 Å². The molecule has 100 valence electrons. The molecule has 2 rings (SSSR count). The van der Waals surface area contributed by atoms with Crippen molar-refractivity contribution in [2.75, 3.05) is 7.05 Å². The predicted molar refractivity (Wildman–Crippen MR) is 71.1 cm³/mol. The molecule has 0 aliphatic heterocycles. The minimum atomic E-state index is -0.474. The highest BCUT2D eigenvalue weighted by Crippen LogP contribution is 2.20. The van der Waals surface area contributed by atoms with Crippen molar-refractivity contribution < 1.29 is 9.32 Å². The molecule has 1 heterocycles. The van der Waals surface area contributed by atoms with E-state index in [1.54, 1.807) is 0 Å². The largest absolute Gasteiger partial charge is 0.368 e. The quantitative estimate of drug-likeness (QED) is 0.886. The van der Waals surface area contributed by atoms with Gasteiger partial charge < -0.3 is 10.3 Å². The maximum atomic E-state index is 11.7. The van der Waals surface area contributed by atoms with Crippen LogP contribution < -0.4 is 5.73 Å². The summed E-state index contributed by atoms with van der Waals surface area (Å²) in [7, 11) is 1.84. The van der Waals surface area contributed by atoms with Gasteiger partial charge in [0, 0.05) is 12.6 Å². The van der Waals surface area contributed by atoms with Crippen LogP contribution in [0.15, 0.2) is 40.9 Å². The number of hydrogen-bond donors (Lipinski definition) is 1. The number of nitrogens with two attached hydrogens (primary N) is 1. The Hall–Kier alpha value is -2.14. The maximum absolute atomic E-state index is 11.7. The highest BCUT2D eigenvalue weighted by molar-refractivity contribution is 5.81. The number of hydrogen-bond acceptors (Lipinski definition) is 4. The summed E-state index contributed by atoms with van der Waals surface area (Å²) in [6.45, 7) is 2.33. The summed E-state index contributed by atoms with van der Waals surface area (Å²) in [5.74, 6) is 0.368. The van der Waals surface area contributed by atoms with Crippen LogP contribution in [-0.2, 0) is 11.3 Å². The van der Waals surface area contributed by atoms with E-state index in [0.29, 0.717) is 6.54 Å². The molecule has 0 unspecified atom stereocenters. The van der Waals surface area contributed by atoms with Crippen LogP contribution in [0.2, 0.25) is 0 Å². The third-order valence-electron chi connectivity index (χ3n) is 2.91. The molecule has 0 spiro atoms. The van der Waals surface area contributed by atoms with Gasteiger partial charge in [-0.05, 0) is 19.5 Å². The number of carbonyl (C=O) groups is 1. The van der Waals surface area contributed by atoms with E-state index >= 15 is 0 Å². The SMILES string of the molecule is Cc1cc(CN(C)[C@H](C(N)=O)c2ccccc2)no1. The Kier molecular flexibility index (Phi) is 3.97. The molecule has 0 aliphatic rings. The molecule has 1 atom stereocenters. The Morgan fingerprint density at radius 2 is 2.11 bits per heavy atom. The molecule has 0 saturated carbocycles. The number of rotatable bonds is 5. The lowest BCUT2D eigenvalue weighted by Crippen LogP contribution is -2.35. The molecule has 2 aromatic rings. The summed E-state index contributed by atoms with van der Waals surface area (Å²) < 4.78 is 5.02. The summed E-state index contributed by atoms with van der Waals surface area (Å²) in [4.78, 5) is 13.5. The Balaban J connectivity index is 2.18. The molecular weight excluding hydrogens is 242 g/mol. The summed E-state index contributed by atoms with van der Waals surface area (Å²) in [6, 6.07) is 10.8. The average Bonchev–Trinajstić information content (AvgIpc) is 2.75. The molecule has 1 aromatic carbocycles. The first-order chi connectivity index (χ1) is 9.08. The number of aryl methyl sites for hydroxylation is 1. The normalized spacial score (nSPS) is 12.6. The van der Waals surface area contributed by atoms with Crippen molar-refractivity contribution in [2.24, 2.45) is 5.73 Å². The van der Waals surface area contributed by atoms with Crippen LogP contribution in [0.5, 0.6) is 0 Å². The van der Waals surface area contributed by atoms with E-state index in [1.165, 1.54) is 0 Å². The van der Waals surface area contributed by atoms with Crippen LogP contribution in [0.4, 0.5) is 0 Å². The van der Waals surface area contributed by atoms with E-state index in [4.69, 9.17) is 10.3 Å². The fraction of sp³-hybridized carbons (Fsp3) is 0.286. The second kappa shape index (κ2) is 5.67. The lowest BCUT2D eigenvalue weighted by Gasteiger charge is -2.24. The van der Waals surface area contributed by atoms with Gasteiger partial charge in [-0.25, -0.2) is 0 Å². The molecule has 0 saturated heterocycles. The Morgan fingerprint density at radius 1 is 1.42 bits per heavy atom. The first-order valence-corrected chi connectivity index (χ1v) is 6.04. The van der Waals surface area contributed by atoms with Crippen molar-refractivity contribution >= 4 is 5.91 Å². The zero-order valence-electron chi connectivity index (χ0n) is 11.0. The van der Waals surface area contributed by atoms with E-state index in [2.05, 4.69) is 5.16 Å². The number of benzene rings is 1. The zero-order valence-corrected chi connectivity index (χ0v) is 11.0. The van der Waals surface area contributed by atoms with Gasteiger partial charge in [-0.1, -0.05) is 35.5 Å². The lowest BCUT2D eigenvalue weighted by molar-refractivity contribution is -0.123. The summed E-state index contributed by atoms with van der Waals surface area (Å²) in [6.07, 6.45) is 0. The number of primary amides is 1. The molecule has 0 radical (unpaired) electrons. The van der Waals surface area contributed by atoms with E-state index in [1.807, 2.05) is 55.3 Å². The average molecular weight is 259 g/mol. The summed E-state index contributed by atoms with van der Waals surface area (Å²) >= 11 is 0. The molecule has 5 heteroatoms. The van der Waals surface area contributed by atoms with Crippen molar-refractivity contribution in [1.29, 1.82) is 0 Å². The van der Waals surface area contributed by atoms with Gasteiger partial charge in [0.25, 0.3) is 0 Å². The monoisotopic (exact) mass is 259 g/mol. The highest BCUT2D eigenvalue weighted by Gasteiger charge is 2.23. The number of carbonyl (C=O) groups excluding carboxylic acids is 1. The molecule has 1 amide bonds. The number of aromatic nitrogens is 1. The first kappa shape index (κ1) is 13.3. The van der Waals surface area contributed by atoms with Crippen molar-refractivity contribution in [3.05, 3.63) is 53.4 Å². The van der Waals surface area contributed by atoms with Gasteiger partial charge in [0.1, 0.15) is 11.8 Å². The fourth-order valence-electron chi connectivity index (χ4n) is 2.11. The summed E-state index contributed by atoms with van der Waals surface area (Å²) in [5.41, 5.74) is 7.16. The molecule has 19 heavy (non-hydrogen) atoms. The van der Waals surface area contributed by atoms with E-state index in [9.17, 15) is 4.79 Å². The first-order valence-electron chi connectivity index (χ1n) is 6.04. The summed E-state index contributed by atoms with van der Waals surface area (Å²) in [5, 5.41) is 3.92. The number of nitrogens with zero attached hydrogens (tertiary/aromatic N) is 2. The maximum Gasteiger partial charge on any atom is 0.239 e. The van der Waals surface area contributed by atoms with E-state index in [0.717, 1.165) is 17.0 Å². The molecule has 0 aliphatic carbocycles. The third-order valence-corrected chi connectivity index (χ3v) is 2.91. The minimum Gasteiger partial charge on any atom is -0.368 e. The van der Waals surface area contributed by atoms with Gasteiger partial charge >= 0.3 is 0 Å². The number of amides is 1. The Labute approximate surface area is 112 Å². The molecule has 2 N–H and O–H groups in total. The van der Waals surface area contributed by atoms with Crippen LogP contribution in [0, 0.1) is 6.92 Å². The van der Waals surface area contributed by atoms with Gasteiger partial charge in [0.05, 0.1) is 5.69 Å². The lowest BCUT2D eigenvalue weighted by atomic mass is 10.1. The Morgan fingerprint density at radius 3 is 2.63 bits per heavy atom. The molecule has 1 aromatic heterocycles. The van der Waals surface area contributed by atoms with Crippen LogP contribution in [-0.4, -0.2) is 23.0 Å². The van der Waals surface area contributed by atoms with Gasteiger partial charge in [-0.3, -0.25) is 9.69 Å². The smallest absolute Gasteiger partial charge is 0.239 e. The zero-order chi connectivity index (χ0) is 13.8. The standard InChI is InChI=1S/C14H17N3O2/c1-10-8-12(16-19-10)9-17(2)13(14(15)18)11-6-4-3-5-7-11/h3-8,13H,9H2,1-2H3,(H2,15,18)/t13-/m0/s1. The molecule has 5 nitrogen and oxygen atoms in total. The van der Waals surface area contributed by atoms with Crippen molar-refractivity contribution in [2.45, 2.75) is 19.5 Å². The molecule has 0 fully saturated rings. The van der Waals surface area contributed by atoms with Gasteiger partial charge in [-0.2, -0.15) is 0 Å². The van der Waals surface area contributed by atoms with Crippen LogP contribution in [0.1, 0.15) is 23.1 Å². The second-order valence-electron chi connectivity index (χ2n) is 4.56. The topological polar surface area (TPSA) is 72.4 Å². The Bertz CT molecular complexity index is 551. The van der Waals surface area contributed by atoms with Gasteiger partial charge in [0.2, 0.25) is 5.91 Å². The van der Waals surface area contributed by atoms with Crippen LogP contribution >= 0.6 is 0 Å². The van der Waals surface area contributed by atoms with Gasteiger partial charge in [0.15, 0.2) is 0 Å². The predicted octanol–water partition coefficient (Wildman–Crippen LogP) is 1.64. The van der Waals surface area contributed by atoms with E-state index in [-0.39, 0.29) is 5.91 Å². The van der Waals surface area contributed by atoms with Crippen LogP contribution in [0.3, 0.4) is 0 Å². The van der Waals surface area contributed by atoms with Crippen molar-refractivity contribution in [3.8, 4) is 0 Å². The van der Waals surface area contributed by atoms with Gasteiger partial charge in [-0.15, -0.1) is 0 Å². The molecule has 0 bridgehead atoms. The third kappa shape index (κ3) is 3.20. The van der Waals surface area contributed by atoms with Crippen molar-refractivity contribution in [1.82, 2.24) is 10.1 Å². The minimum absolute atomic E-state index is 0.381. The molecular formula is C14H17N3O2. The number of likely N-dealkylation sites (N-methyl/N-ethyl adjacent to an activating group) is 1. The highest BCUT2D eigenvalue weighted by atomic mass is 16.5. The second-order valence-corrected chi connectivity index (χ2v) is 4.56. The van der Waals surface area contributed by atoms with Crippen LogP contribution in [0.25, 0.3) is 0 Å². The van der Waals surface area contributed by atoms with E-state index < -0.39 is 6.04 Å². The fourth-order valence-corrected chi connectivity index (χ4v) is 2.11.